The van der Waals surface area contributed by atoms with Gasteiger partial charge in [-0.3, -0.25) is 4.90 Å². The van der Waals surface area contributed by atoms with E-state index in [1.54, 1.807) is 0 Å². The third kappa shape index (κ3) is 3.32. The van der Waals surface area contributed by atoms with E-state index < -0.39 is 59.0 Å². The van der Waals surface area contributed by atoms with Crippen LogP contribution in [0.25, 0.3) is 22.1 Å². The number of alkyl halides is 2. The number of aromatic nitrogens is 1. The smallest absolute Gasteiger partial charge is 0.326 e. The largest absolute Gasteiger partial charge is 0.354 e. The molecule has 1 aromatic heterocycles. The summed E-state index contributed by atoms with van der Waals surface area (Å²) in [5.41, 5.74) is -0.242. The fourth-order valence-corrected chi connectivity index (χ4v) is 5.11. The van der Waals surface area contributed by atoms with Crippen LogP contribution in [0.5, 0.6) is 0 Å². The number of urea groups is 1. The van der Waals surface area contributed by atoms with Crippen LogP contribution in [0.3, 0.4) is 0 Å². The van der Waals surface area contributed by atoms with Crippen molar-refractivity contribution in [2.75, 3.05) is 25.0 Å². The Balaban J connectivity index is 1.55. The Morgan fingerprint density at radius 3 is 2.44 bits per heavy atom. The van der Waals surface area contributed by atoms with Crippen molar-refractivity contribution in [2.24, 2.45) is 0 Å². The Morgan fingerprint density at radius 2 is 1.79 bits per heavy atom. The number of anilines is 1. The number of nitrogens with one attached hydrogen (secondary N) is 2. The zero-order valence-electron chi connectivity index (χ0n) is 17.4. The molecule has 2 aliphatic rings. The molecule has 180 valence electrons. The van der Waals surface area contributed by atoms with Crippen LogP contribution in [0.15, 0.2) is 40.9 Å². The van der Waals surface area contributed by atoms with Gasteiger partial charge in [0.25, 0.3) is 16.1 Å². The maximum absolute atomic E-state index is 15.1. The second kappa shape index (κ2) is 7.65. The summed E-state index contributed by atoms with van der Waals surface area (Å²) in [5, 5.41) is 3.91. The molecule has 0 unspecified atom stereocenters. The molecule has 0 radical (unpaired) electrons. The number of carbonyl (C=O) groups excluding carboxylic acids is 1. The molecule has 3 aromatic rings. The summed E-state index contributed by atoms with van der Waals surface area (Å²) < 4.78 is 91.6. The van der Waals surface area contributed by atoms with E-state index in [9.17, 15) is 22.0 Å². The van der Waals surface area contributed by atoms with Gasteiger partial charge in [0.05, 0.1) is 17.5 Å². The van der Waals surface area contributed by atoms with Crippen LogP contribution in [0, 0.1) is 11.6 Å². The van der Waals surface area contributed by atoms with Crippen molar-refractivity contribution < 1.29 is 35.3 Å². The first kappa shape index (κ1) is 22.6. The van der Waals surface area contributed by atoms with Crippen LogP contribution in [-0.4, -0.2) is 62.6 Å². The lowest BCUT2D eigenvalue weighted by Gasteiger charge is -2.23. The lowest BCUT2D eigenvalue weighted by molar-refractivity contribution is -0.0325. The van der Waals surface area contributed by atoms with Crippen LogP contribution in [-0.2, 0) is 10.2 Å². The first-order valence-electron chi connectivity index (χ1n) is 10.0. The second-order valence-electron chi connectivity index (χ2n) is 7.90. The summed E-state index contributed by atoms with van der Waals surface area (Å²) in [7, 11) is -3.12. The van der Waals surface area contributed by atoms with Crippen molar-refractivity contribution in [1.29, 1.82) is 0 Å². The zero-order chi connectivity index (χ0) is 24.4. The first-order valence-corrected chi connectivity index (χ1v) is 11.5. The molecule has 2 N–H and O–H groups in total. The Labute approximate surface area is 190 Å². The molecule has 2 amide bonds. The molecule has 0 spiro atoms. The van der Waals surface area contributed by atoms with Crippen molar-refractivity contribution >= 4 is 33.0 Å². The van der Waals surface area contributed by atoms with Crippen molar-refractivity contribution in [3.63, 3.8) is 0 Å². The average Bonchev–Trinajstić information content (AvgIpc) is 3.41. The quantitative estimate of drug-likeness (QED) is 0.525. The maximum Gasteiger partial charge on any atom is 0.326 e. The van der Waals surface area contributed by atoms with Crippen molar-refractivity contribution in [3.05, 3.63) is 48.0 Å². The molecule has 2 atom stereocenters. The molecule has 5 rings (SSSR count). The fourth-order valence-electron chi connectivity index (χ4n) is 4.39. The SMILES string of the molecule is CNS(=O)(=O)N[C@@H]1CN2C(=O)N(c3noc4cccc(-c5c(F)cccc5F)c34)C[C@@H]2C1(F)F. The van der Waals surface area contributed by atoms with Crippen LogP contribution in [0.2, 0.25) is 0 Å². The van der Waals surface area contributed by atoms with E-state index in [2.05, 4.69) is 5.16 Å². The van der Waals surface area contributed by atoms with Gasteiger partial charge < -0.3 is 9.42 Å². The minimum atomic E-state index is -4.18. The molecule has 0 saturated carbocycles. The number of amides is 2. The van der Waals surface area contributed by atoms with Crippen LogP contribution >= 0.6 is 0 Å². The zero-order valence-corrected chi connectivity index (χ0v) is 18.2. The maximum atomic E-state index is 15.1. The minimum absolute atomic E-state index is 0.0376. The summed E-state index contributed by atoms with van der Waals surface area (Å²) in [6.07, 6.45) is 0. The fraction of sp³-hybridized carbons (Fsp3) is 0.300. The van der Waals surface area contributed by atoms with Gasteiger partial charge >= 0.3 is 6.03 Å². The number of halogens is 4. The Hall–Kier alpha value is -3.23. The van der Waals surface area contributed by atoms with Crippen LogP contribution < -0.4 is 14.3 Å². The molecule has 34 heavy (non-hydrogen) atoms. The molecule has 2 aromatic carbocycles. The van der Waals surface area contributed by atoms with Gasteiger partial charge in [0, 0.05) is 19.2 Å². The van der Waals surface area contributed by atoms with Gasteiger partial charge in [-0.25, -0.2) is 27.1 Å². The van der Waals surface area contributed by atoms with Crippen molar-refractivity contribution in [3.8, 4) is 11.1 Å². The topological polar surface area (TPSA) is 108 Å². The summed E-state index contributed by atoms with van der Waals surface area (Å²) >= 11 is 0. The molecule has 2 aliphatic heterocycles. The average molecular weight is 499 g/mol. The molecule has 2 fully saturated rings. The highest BCUT2D eigenvalue weighted by Crippen LogP contribution is 2.43. The monoisotopic (exact) mass is 499 g/mol. The number of rotatable bonds is 5. The number of nitrogens with zero attached hydrogens (tertiary/aromatic N) is 3. The number of hydrogen-bond acceptors (Lipinski definition) is 5. The number of benzene rings is 2. The lowest BCUT2D eigenvalue weighted by atomic mass is 10.00. The summed E-state index contributed by atoms with van der Waals surface area (Å²) in [4.78, 5) is 14.9. The van der Waals surface area contributed by atoms with Gasteiger partial charge in [0.2, 0.25) is 0 Å². The third-order valence-corrected chi connectivity index (χ3v) is 7.16. The second-order valence-corrected chi connectivity index (χ2v) is 9.55. The Morgan fingerprint density at radius 1 is 1.12 bits per heavy atom. The first-order chi connectivity index (χ1) is 16.0. The van der Waals surface area contributed by atoms with Crippen LogP contribution in [0.1, 0.15) is 0 Å². The molecule has 2 saturated heterocycles. The van der Waals surface area contributed by atoms with Gasteiger partial charge in [-0.1, -0.05) is 23.4 Å². The highest BCUT2D eigenvalue weighted by Gasteiger charge is 2.63. The molecular weight excluding hydrogens is 482 g/mol. The van der Waals surface area contributed by atoms with E-state index in [4.69, 9.17) is 4.52 Å². The number of fused-ring (bicyclic) bond motifs is 2. The standard InChI is InChI=1S/C20H17F4N5O4S/c1-25-34(31,32)27-14-8-28-15(20(14,23)24)9-29(19(28)30)18-17-10(4-2-7-13(17)33-26-18)16-11(21)5-3-6-12(16)22/h2-7,14-15,25,27H,8-9H2,1H3/t14-,15-/m1/s1. The highest BCUT2D eigenvalue weighted by atomic mass is 32.2. The summed E-state index contributed by atoms with van der Waals surface area (Å²) in [6.45, 7) is -1.13. The lowest BCUT2D eigenvalue weighted by Crippen LogP contribution is -2.53. The summed E-state index contributed by atoms with van der Waals surface area (Å²) in [5.74, 6) is -5.50. The van der Waals surface area contributed by atoms with Crippen LogP contribution in [0.4, 0.5) is 28.2 Å². The molecule has 14 heteroatoms. The molecule has 0 aliphatic carbocycles. The van der Waals surface area contributed by atoms with Gasteiger partial charge in [-0.05, 0) is 18.2 Å². The van der Waals surface area contributed by atoms with Gasteiger partial charge in [-0.2, -0.15) is 13.1 Å². The number of hydrogen-bond donors (Lipinski definition) is 2. The Bertz CT molecular complexity index is 1390. The Kier molecular flexibility index (Phi) is 5.07. The van der Waals surface area contributed by atoms with E-state index in [0.717, 1.165) is 29.0 Å². The minimum Gasteiger partial charge on any atom is -0.354 e. The van der Waals surface area contributed by atoms with Gasteiger partial charge in [0.15, 0.2) is 11.4 Å². The predicted octanol–water partition coefficient (Wildman–Crippen LogP) is 2.45. The number of carbonyl (C=O) groups is 1. The normalized spacial score (nSPS) is 22.1. The van der Waals surface area contributed by atoms with Crippen molar-refractivity contribution in [2.45, 2.75) is 18.0 Å². The van der Waals surface area contributed by atoms with Gasteiger partial charge in [0.1, 0.15) is 23.7 Å². The van der Waals surface area contributed by atoms with E-state index in [-0.39, 0.29) is 27.9 Å². The van der Waals surface area contributed by atoms with E-state index in [1.807, 2.05) is 9.44 Å². The molecule has 9 nitrogen and oxygen atoms in total. The molecule has 0 bridgehead atoms. The highest BCUT2D eigenvalue weighted by molar-refractivity contribution is 7.87. The van der Waals surface area contributed by atoms with E-state index in [1.165, 1.54) is 24.3 Å². The predicted molar refractivity (Wildman–Crippen MR) is 112 cm³/mol. The van der Waals surface area contributed by atoms with E-state index >= 15 is 8.78 Å². The van der Waals surface area contributed by atoms with Crippen molar-refractivity contribution in [1.82, 2.24) is 19.5 Å². The van der Waals surface area contributed by atoms with Gasteiger partial charge in [-0.15, -0.1) is 0 Å². The molecular formula is C20H17F4N5O4S. The third-order valence-electron chi connectivity index (χ3n) is 6.03. The molecule has 3 heterocycles. The van der Waals surface area contributed by atoms with E-state index in [0.29, 0.717) is 0 Å². The summed E-state index contributed by atoms with van der Waals surface area (Å²) in [6, 6.07) is 3.32.